The summed E-state index contributed by atoms with van der Waals surface area (Å²) in [5.74, 6) is 2.47. The summed E-state index contributed by atoms with van der Waals surface area (Å²) in [6, 6.07) is 8.35. The molecule has 9 heteroatoms. The third-order valence-corrected chi connectivity index (χ3v) is 12.3. The van der Waals surface area contributed by atoms with Crippen molar-refractivity contribution in [2.75, 3.05) is 39.8 Å². The van der Waals surface area contributed by atoms with Gasteiger partial charge in [0.15, 0.2) is 17.3 Å². The van der Waals surface area contributed by atoms with Gasteiger partial charge in [0.1, 0.15) is 0 Å². The number of hydrogen-bond donors (Lipinski definition) is 2. The van der Waals surface area contributed by atoms with Crippen LogP contribution >= 0.6 is 0 Å². The van der Waals surface area contributed by atoms with E-state index in [0.29, 0.717) is 24.3 Å². The number of aromatic hydroxyl groups is 2. The van der Waals surface area contributed by atoms with Crippen LogP contribution < -0.4 is 0 Å². The summed E-state index contributed by atoms with van der Waals surface area (Å²) in [6.45, 7) is 7.77. The van der Waals surface area contributed by atoms with Gasteiger partial charge in [-0.3, -0.25) is 4.57 Å². The van der Waals surface area contributed by atoms with Gasteiger partial charge in [0.25, 0.3) is 0 Å². The second kappa shape index (κ2) is 11.0. The molecule has 2 amide bonds. The Kier molecular flexibility index (Phi) is 7.07. The number of para-hydroxylation sites is 1. The molecule has 5 aliphatic rings. The molecule has 3 aliphatic carbocycles. The summed E-state index contributed by atoms with van der Waals surface area (Å²) < 4.78 is 7.42. The molecule has 2 saturated carbocycles. The predicted octanol–water partition coefficient (Wildman–Crippen LogP) is 6.07. The fourth-order valence-corrected chi connectivity index (χ4v) is 10.1. The molecule has 2 saturated heterocycles. The lowest BCUT2D eigenvalue weighted by molar-refractivity contribution is 0.137. The standard InChI is InChI=1S/C35H47N5O4/c1-21-26-18-27(32(21)37(2)35(43)39-14-5-6-15-39)30-29(26)33(41)40(34(30)42)20-24-9-7-8-23(24)19-38-16-12-22(13-17-38)31-25-10-3-4-11-28(25)44-36-31/h3-4,10-11,21-24,26-27,32,41-42H,5-9,12-20H2,1-2H3/t21?,23-,24-,26?,27?,32?/m1/s1. The normalized spacial score (nSPS) is 30.5. The SMILES string of the molecule is CC1C2CC(c3c2c(O)n(C[C@H]2CCC[C@@H]2CN2CCC(c4noc5ccccc45)CC2)c3O)C1N(C)C(=O)N1CCCC1. The highest BCUT2D eigenvalue weighted by atomic mass is 16.5. The zero-order chi connectivity index (χ0) is 30.1. The van der Waals surface area contributed by atoms with Gasteiger partial charge >= 0.3 is 6.03 Å². The molecule has 2 bridgehead atoms. The van der Waals surface area contributed by atoms with Crippen molar-refractivity contribution >= 4 is 17.0 Å². The molecule has 4 unspecified atom stereocenters. The van der Waals surface area contributed by atoms with Crippen LogP contribution in [0.4, 0.5) is 4.79 Å². The minimum absolute atomic E-state index is 0.0548. The lowest BCUT2D eigenvalue weighted by atomic mass is 9.82. The molecule has 0 spiro atoms. The van der Waals surface area contributed by atoms with Gasteiger partial charge in [-0.2, -0.15) is 0 Å². The van der Waals surface area contributed by atoms with Crippen LogP contribution in [0.2, 0.25) is 0 Å². The first-order chi connectivity index (χ1) is 21.4. The van der Waals surface area contributed by atoms with E-state index in [1.807, 2.05) is 33.5 Å². The average molecular weight is 602 g/mol. The summed E-state index contributed by atoms with van der Waals surface area (Å²) in [5.41, 5.74) is 3.86. The highest BCUT2D eigenvalue weighted by Crippen LogP contribution is 2.63. The Morgan fingerprint density at radius 2 is 1.61 bits per heavy atom. The van der Waals surface area contributed by atoms with E-state index in [-0.39, 0.29) is 41.6 Å². The predicted molar refractivity (Wildman–Crippen MR) is 168 cm³/mol. The third-order valence-electron chi connectivity index (χ3n) is 12.3. The quantitative estimate of drug-likeness (QED) is 0.356. The molecule has 2 aliphatic heterocycles. The maximum Gasteiger partial charge on any atom is 0.320 e. The van der Waals surface area contributed by atoms with Crippen LogP contribution in [-0.2, 0) is 6.54 Å². The second-order valence-electron chi connectivity index (χ2n) is 14.6. The molecule has 2 N–H and O–H groups in total. The van der Waals surface area contributed by atoms with Gasteiger partial charge in [-0.25, -0.2) is 4.79 Å². The number of carbonyl (C=O) groups is 1. The number of benzene rings is 1. The van der Waals surface area contributed by atoms with E-state index in [1.54, 1.807) is 0 Å². The number of fused-ring (bicyclic) bond motifs is 6. The first-order valence-corrected chi connectivity index (χ1v) is 17.1. The summed E-state index contributed by atoms with van der Waals surface area (Å²) in [4.78, 5) is 19.8. The third kappa shape index (κ3) is 4.44. The van der Waals surface area contributed by atoms with E-state index in [9.17, 15) is 15.0 Å². The van der Waals surface area contributed by atoms with Crippen LogP contribution in [-0.4, -0.2) is 86.5 Å². The number of likely N-dealkylation sites (N-methyl/N-ethyl adjacent to an activating group) is 1. The largest absolute Gasteiger partial charge is 0.494 e. The second-order valence-corrected chi connectivity index (χ2v) is 14.6. The zero-order valence-corrected chi connectivity index (χ0v) is 26.2. The molecule has 6 atom stereocenters. The summed E-state index contributed by atoms with van der Waals surface area (Å²) in [7, 11) is 1.94. The van der Waals surface area contributed by atoms with Gasteiger partial charge in [0.2, 0.25) is 0 Å². The van der Waals surface area contributed by atoms with Crippen LogP contribution in [0.1, 0.15) is 92.9 Å². The molecule has 0 radical (unpaired) electrons. The number of piperidine rings is 1. The first-order valence-electron chi connectivity index (χ1n) is 17.1. The van der Waals surface area contributed by atoms with Crippen molar-refractivity contribution in [3.8, 4) is 11.8 Å². The Labute approximate surface area is 259 Å². The number of urea groups is 1. The van der Waals surface area contributed by atoms with E-state index in [0.717, 1.165) is 99.0 Å². The van der Waals surface area contributed by atoms with Crippen molar-refractivity contribution in [3.05, 3.63) is 41.1 Å². The number of rotatable bonds is 6. The van der Waals surface area contributed by atoms with Gasteiger partial charge in [0, 0.05) is 67.6 Å². The molecule has 2 aromatic heterocycles. The minimum Gasteiger partial charge on any atom is -0.494 e. The Balaban J connectivity index is 0.938. The Morgan fingerprint density at radius 1 is 0.932 bits per heavy atom. The topological polar surface area (TPSA) is 98.2 Å². The molecule has 4 heterocycles. The van der Waals surface area contributed by atoms with Gasteiger partial charge < -0.3 is 29.4 Å². The average Bonchev–Trinajstić information content (AvgIpc) is 3.89. The van der Waals surface area contributed by atoms with Crippen molar-refractivity contribution < 1.29 is 19.5 Å². The Bertz CT molecular complexity index is 1530. The van der Waals surface area contributed by atoms with Crippen molar-refractivity contribution in [1.82, 2.24) is 24.4 Å². The van der Waals surface area contributed by atoms with Crippen LogP contribution in [0.25, 0.3) is 11.0 Å². The summed E-state index contributed by atoms with van der Waals surface area (Å²) >= 11 is 0. The highest BCUT2D eigenvalue weighted by Gasteiger charge is 2.56. The van der Waals surface area contributed by atoms with Crippen LogP contribution in [0.5, 0.6) is 11.8 Å². The number of amides is 2. The number of aromatic nitrogens is 2. The molecule has 1 aromatic carbocycles. The number of carbonyl (C=O) groups excluding carboxylic acids is 1. The number of nitrogens with zero attached hydrogens (tertiary/aromatic N) is 5. The number of hydrogen-bond acceptors (Lipinski definition) is 6. The molecular weight excluding hydrogens is 554 g/mol. The highest BCUT2D eigenvalue weighted by molar-refractivity contribution is 5.79. The minimum atomic E-state index is 0.0548. The van der Waals surface area contributed by atoms with E-state index in [2.05, 4.69) is 29.1 Å². The molecule has 3 aromatic rings. The first kappa shape index (κ1) is 28.3. The zero-order valence-electron chi connectivity index (χ0n) is 26.2. The van der Waals surface area contributed by atoms with Gasteiger partial charge in [-0.05, 0) is 93.8 Å². The van der Waals surface area contributed by atoms with Crippen LogP contribution in [0, 0.1) is 17.8 Å². The van der Waals surface area contributed by atoms with Gasteiger partial charge in [0.05, 0.1) is 5.69 Å². The Morgan fingerprint density at radius 3 is 2.36 bits per heavy atom. The monoisotopic (exact) mass is 601 g/mol. The fraction of sp³-hybridized carbons (Fsp3) is 0.657. The molecule has 44 heavy (non-hydrogen) atoms. The van der Waals surface area contributed by atoms with E-state index >= 15 is 0 Å². The molecule has 4 fully saturated rings. The van der Waals surface area contributed by atoms with E-state index < -0.39 is 0 Å². The van der Waals surface area contributed by atoms with E-state index in [1.165, 1.54) is 12.8 Å². The summed E-state index contributed by atoms with van der Waals surface area (Å²) in [6.07, 6.45) is 8.78. The maximum absolute atomic E-state index is 13.3. The molecular formula is C35H47N5O4. The molecule has 9 nitrogen and oxygen atoms in total. The van der Waals surface area contributed by atoms with Crippen LogP contribution in [0.15, 0.2) is 28.8 Å². The summed E-state index contributed by atoms with van der Waals surface area (Å²) in [5, 5.41) is 28.7. The number of likely N-dealkylation sites (tertiary alicyclic amines) is 2. The molecule has 8 rings (SSSR count). The smallest absolute Gasteiger partial charge is 0.320 e. The lowest BCUT2D eigenvalue weighted by Gasteiger charge is -2.37. The van der Waals surface area contributed by atoms with Gasteiger partial charge in [-0.15, -0.1) is 0 Å². The van der Waals surface area contributed by atoms with E-state index in [4.69, 9.17) is 4.52 Å². The lowest BCUT2D eigenvalue weighted by Crippen LogP contribution is -2.48. The van der Waals surface area contributed by atoms with Gasteiger partial charge in [-0.1, -0.05) is 30.6 Å². The van der Waals surface area contributed by atoms with Crippen LogP contribution in [0.3, 0.4) is 0 Å². The van der Waals surface area contributed by atoms with Crippen molar-refractivity contribution in [3.63, 3.8) is 0 Å². The van der Waals surface area contributed by atoms with Crippen molar-refractivity contribution in [1.29, 1.82) is 0 Å². The van der Waals surface area contributed by atoms with Crippen molar-refractivity contribution in [2.24, 2.45) is 17.8 Å². The van der Waals surface area contributed by atoms with Crippen molar-refractivity contribution in [2.45, 2.75) is 88.6 Å². The Hall–Kier alpha value is -3.20. The maximum atomic E-state index is 13.3. The fourth-order valence-electron chi connectivity index (χ4n) is 10.1. The molecule has 236 valence electrons.